The first-order chi connectivity index (χ1) is 5.86. The minimum atomic E-state index is -0.134. The van der Waals surface area contributed by atoms with Gasteiger partial charge in [-0.15, -0.1) is 0 Å². The van der Waals surface area contributed by atoms with Crippen LogP contribution in [0.3, 0.4) is 0 Å². The lowest BCUT2D eigenvalue weighted by molar-refractivity contribution is -0.0441. The molecule has 0 unspecified atom stereocenters. The van der Waals surface area contributed by atoms with Gasteiger partial charge in [-0.3, -0.25) is 0 Å². The van der Waals surface area contributed by atoms with E-state index in [9.17, 15) is 0 Å². The SMILES string of the molecule is Cc1cccc(C2OCCO2)c1. The highest BCUT2D eigenvalue weighted by molar-refractivity contribution is 5.23. The van der Waals surface area contributed by atoms with Crippen molar-refractivity contribution in [2.75, 3.05) is 13.2 Å². The quantitative estimate of drug-likeness (QED) is 0.632. The standard InChI is InChI=1S/C10H12O2/c1-8-3-2-4-9(7-8)10-11-5-6-12-10/h2-4,7,10H,5-6H2,1H3. The fourth-order valence-electron chi connectivity index (χ4n) is 1.37. The van der Waals surface area contributed by atoms with Crippen LogP contribution in [0.5, 0.6) is 0 Å². The van der Waals surface area contributed by atoms with Gasteiger partial charge in [0.2, 0.25) is 0 Å². The van der Waals surface area contributed by atoms with E-state index < -0.39 is 0 Å². The average Bonchev–Trinajstić information content (AvgIpc) is 2.56. The largest absolute Gasteiger partial charge is 0.346 e. The van der Waals surface area contributed by atoms with Crippen LogP contribution in [0.15, 0.2) is 24.3 Å². The van der Waals surface area contributed by atoms with Gasteiger partial charge in [0.25, 0.3) is 0 Å². The molecule has 1 saturated heterocycles. The van der Waals surface area contributed by atoms with Crippen molar-refractivity contribution in [1.82, 2.24) is 0 Å². The summed E-state index contributed by atoms with van der Waals surface area (Å²) in [6, 6.07) is 8.22. The molecule has 0 bridgehead atoms. The maximum absolute atomic E-state index is 5.37. The van der Waals surface area contributed by atoms with Crippen LogP contribution in [0.25, 0.3) is 0 Å². The van der Waals surface area contributed by atoms with E-state index in [0.29, 0.717) is 13.2 Å². The Kier molecular flexibility index (Phi) is 2.11. The molecule has 0 aromatic heterocycles. The van der Waals surface area contributed by atoms with Gasteiger partial charge in [-0.05, 0) is 6.92 Å². The van der Waals surface area contributed by atoms with Crippen molar-refractivity contribution in [3.05, 3.63) is 35.4 Å². The Labute approximate surface area is 72.1 Å². The fourth-order valence-corrected chi connectivity index (χ4v) is 1.37. The maximum Gasteiger partial charge on any atom is 0.184 e. The van der Waals surface area contributed by atoms with E-state index in [1.165, 1.54) is 5.56 Å². The molecule has 1 aromatic rings. The average molecular weight is 164 g/mol. The number of aryl methyl sites for hydroxylation is 1. The molecule has 1 heterocycles. The van der Waals surface area contributed by atoms with Crippen molar-refractivity contribution in [1.29, 1.82) is 0 Å². The van der Waals surface area contributed by atoms with Crippen molar-refractivity contribution in [3.8, 4) is 0 Å². The molecular formula is C10H12O2. The Morgan fingerprint density at radius 3 is 2.67 bits per heavy atom. The van der Waals surface area contributed by atoms with E-state index in [1.807, 2.05) is 12.1 Å². The predicted octanol–water partition coefficient (Wildman–Crippen LogP) is 2.04. The molecule has 1 aromatic carbocycles. The number of hydrogen-bond donors (Lipinski definition) is 0. The maximum atomic E-state index is 5.37. The van der Waals surface area contributed by atoms with E-state index in [1.54, 1.807) is 0 Å². The van der Waals surface area contributed by atoms with Crippen molar-refractivity contribution < 1.29 is 9.47 Å². The second-order valence-corrected chi connectivity index (χ2v) is 2.99. The van der Waals surface area contributed by atoms with E-state index in [-0.39, 0.29) is 6.29 Å². The van der Waals surface area contributed by atoms with Crippen LogP contribution in [0.1, 0.15) is 17.4 Å². The van der Waals surface area contributed by atoms with Crippen LogP contribution in [0.4, 0.5) is 0 Å². The van der Waals surface area contributed by atoms with Crippen LogP contribution >= 0.6 is 0 Å². The second kappa shape index (κ2) is 3.25. The molecule has 0 spiro atoms. The molecule has 0 aliphatic carbocycles. The number of benzene rings is 1. The molecule has 1 aliphatic heterocycles. The number of ether oxygens (including phenoxy) is 2. The Morgan fingerprint density at radius 2 is 2.00 bits per heavy atom. The monoisotopic (exact) mass is 164 g/mol. The highest BCUT2D eigenvalue weighted by Crippen LogP contribution is 2.23. The summed E-state index contributed by atoms with van der Waals surface area (Å²) in [5, 5.41) is 0. The zero-order chi connectivity index (χ0) is 8.39. The highest BCUT2D eigenvalue weighted by Gasteiger charge is 2.17. The summed E-state index contributed by atoms with van der Waals surface area (Å²) in [5.41, 5.74) is 2.36. The molecule has 12 heavy (non-hydrogen) atoms. The fraction of sp³-hybridized carbons (Fsp3) is 0.400. The summed E-state index contributed by atoms with van der Waals surface area (Å²) >= 11 is 0. The zero-order valence-electron chi connectivity index (χ0n) is 7.12. The summed E-state index contributed by atoms with van der Waals surface area (Å²) in [6.07, 6.45) is -0.134. The third-order valence-corrected chi connectivity index (χ3v) is 1.94. The van der Waals surface area contributed by atoms with Crippen LogP contribution in [0, 0.1) is 6.92 Å². The van der Waals surface area contributed by atoms with Crippen LogP contribution < -0.4 is 0 Å². The van der Waals surface area contributed by atoms with Crippen molar-refractivity contribution in [2.24, 2.45) is 0 Å². The molecule has 0 saturated carbocycles. The summed E-state index contributed by atoms with van der Waals surface area (Å²) in [6.45, 7) is 3.48. The number of hydrogen-bond acceptors (Lipinski definition) is 2. The van der Waals surface area contributed by atoms with Gasteiger partial charge in [0.15, 0.2) is 6.29 Å². The minimum Gasteiger partial charge on any atom is -0.346 e. The Balaban J connectivity index is 2.21. The topological polar surface area (TPSA) is 18.5 Å². The highest BCUT2D eigenvalue weighted by atomic mass is 16.7. The van der Waals surface area contributed by atoms with Crippen LogP contribution in [-0.4, -0.2) is 13.2 Å². The lowest BCUT2D eigenvalue weighted by atomic mass is 10.1. The lowest BCUT2D eigenvalue weighted by Crippen LogP contribution is -1.97. The lowest BCUT2D eigenvalue weighted by Gasteiger charge is -2.09. The Morgan fingerprint density at radius 1 is 1.25 bits per heavy atom. The molecular weight excluding hydrogens is 152 g/mol. The molecule has 1 fully saturated rings. The van der Waals surface area contributed by atoms with Gasteiger partial charge in [0.05, 0.1) is 13.2 Å². The zero-order valence-corrected chi connectivity index (χ0v) is 7.12. The van der Waals surface area contributed by atoms with Crippen LogP contribution in [0.2, 0.25) is 0 Å². The molecule has 0 N–H and O–H groups in total. The molecule has 2 nitrogen and oxygen atoms in total. The van der Waals surface area contributed by atoms with E-state index in [2.05, 4.69) is 19.1 Å². The van der Waals surface area contributed by atoms with Crippen LogP contribution in [-0.2, 0) is 9.47 Å². The van der Waals surface area contributed by atoms with Gasteiger partial charge >= 0.3 is 0 Å². The Bertz CT molecular complexity index is 264. The molecule has 2 heteroatoms. The molecule has 0 amide bonds. The molecule has 64 valence electrons. The first kappa shape index (κ1) is 7.77. The third-order valence-electron chi connectivity index (χ3n) is 1.94. The minimum absolute atomic E-state index is 0.134. The van der Waals surface area contributed by atoms with Gasteiger partial charge in [-0.25, -0.2) is 0 Å². The predicted molar refractivity (Wildman–Crippen MR) is 45.8 cm³/mol. The van der Waals surface area contributed by atoms with Gasteiger partial charge < -0.3 is 9.47 Å². The van der Waals surface area contributed by atoms with Gasteiger partial charge in [-0.1, -0.05) is 29.8 Å². The normalized spacial score (nSPS) is 18.4. The van der Waals surface area contributed by atoms with E-state index in [0.717, 1.165) is 5.56 Å². The summed E-state index contributed by atoms with van der Waals surface area (Å²) in [5.74, 6) is 0. The van der Waals surface area contributed by atoms with Crippen molar-refractivity contribution >= 4 is 0 Å². The molecule has 0 radical (unpaired) electrons. The first-order valence-corrected chi connectivity index (χ1v) is 4.16. The van der Waals surface area contributed by atoms with Gasteiger partial charge in [0, 0.05) is 5.56 Å². The van der Waals surface area contributed by atoms with Crippen molar-refractivity contribution in [2.45, 2.75) is 13.2 Å². The van der Waals surface area contributed by atoms with E-state index in [4.69, 9.17) is 9.47 Å². The first-order valence-electron chi connectivity index (χ1n) is 4.16. The summed E-state index contributed by atoms with van der Waals surface area (Å²) < 4.78 is 10.7. The second-order valence-electron chi connectivity index (χ2n) is 2.99. The summed E-state index contributed by atoms with van der Waals surface area (Å²) in [4.78, 5) is 0. The Hall–Kier alpha value is -0.860. The van der Waals surface area contributed by atoms with Gasteiger partial charge in [-0.2, -0.15) is 0 Å². The van der Waals surface area contributed by atoms with E-state index >= 15 is 0 Å². The third kappa shape index (κ3) is 1.49. The van der Waals surface area contributed by atoms with Gasteiger partial charge in [0.1, 0.15) is 0 Å². The molecule has 1 aliphatic rings. The molecule has 0 atom stereocenters. The number of rotatable bonds is 1. The molecule has 2 rings (SSSR count). The smallest absolute Gasteiger partial charge is 0.184 e. The van der Waals surface area contributed by atoms with Crippen molar-refractivity contribution in [3.63, 3.8) is 0 Å². The summed E-state index contributed by atoms with van der Waals surface area (Å²) in [7, 11) is 0.